The first kappa shape index (κ1) is 32.7. The van der Waals surface area contributed by atoms with E-state index in [1.807, 2.05) is 0 Å². The molecule has 0 bridgehead atoms. The molecule has 5 rings (SSSR count). The van der Waals surface area contributed by atoms with E-state index in [1.165, 1.54) is 18.2 Å². The number of rotatable bonds is 3. The lowest BCUT2D eigenvalue weighted by molar-refractivity contribution is 0.000937. The number of hydrogen-bond donors (Lipinski definition) is 0. The van der Waals surface area contributed by atoms with E-state index in [0.717, 1.165) is 12.8 Å². The minimum atomic E-state index is -0.994. The van der Waals surface area contributed by atoms with E-state index in [4.69, 9.17) is 30.5 Å². The monoisotopic (exact) mass is 645 g/mol. The van der Waals surface area contributed by atoms with Crippen molar-refractivity contribution in [2.45, 2.75) is 84.6 Å². The highest BCUT2D eigenvalue weighted by Gasteiger charge is 2.42. The van der Waals surface area contributed by atoms with E-state index in [9.17, 15) is 14.4 Å². The molecule has 10 nitrogen and oxygen atoms in total. The topological polar surface area (TPSA) is 97.9 Å². The van der Waals surface area contributed by atoms with Gasteiger partial charge in [-0.05, 0) is 79.5 Å². The standard InChI is InChI=1S/C33H41ClFN3O7/c1-19-10-9-13-37(19)23-16-21(25-22(35)11-8-12-24(25)43-31(41)45-33(5,6)7)27(34)28-26(23)29(39)38-15-14-36(17-20(38)18-42-28)30(40)44-32(2,3)4/h8,11-12,16,19-20H,9-10,13-15,17-18H2,1-7H3/t19-,20-/m1/s1. The van der Waals surface area contributed by atoms with Crippen LogP contribution in [-0.4, -0.2) is 84.0 Å². The highest BCUT2D eigenvalue weighted by atomic mass is 35.5. The van der Waals surface area contributed by atoms with Gasteiger partial charge in [0.25, 0.3) is 5.91 Å². The van der Waals surface area contributed by atoms with Crippen LogP contribution in [0.2, 0.25) is 5.02 Å². The zero-order chi connectivity index (χ0) is 32.8. The first-order chi connectivity index (χ1) is 21.0. The lowest BCUT2D eigenvalue weighted by Gasteiger charge is -2.40. The van der Waals surface area contributed by atoms with Gasteiger partial charge in [-0.2, -0.15) is 0 Å². The third-order valence-electron chi connectivity index (χ3n) is 7.92. The Balaban J connectivity index is 1.58. The molecule has 45 heavy (non-hydrogen) atoms. The Bertz CT molecular complexity index is 1500. The second kappa shape index (κ2) is 12.2. The highest BCUT2D eigenvalue weighted by Crippen LogP contribution is 2.49. The molecule has 2 amide bonds. The molecule has 2 fully saturated rings. The maximum atomic E-state index is 15.7. The number of nitrogens with zero attached hydrogens (tertiary/aromatic N) is 3. The van der Waals surface area contributed by atoms with Crippen LogP contribution in [0.5, 0.6) is 11.5 Å². The smallest absolute Gasteiger partial charge is 0.489 e. The Morgan fingerprint density at radius 1 is 1.00 bits per heavy atom. The summed E-state index contributed by atoms with van der Waals surface area (Å²) in [4.78, 5) is 45.2. The lowest BCUT2D eigenvalue weighted by atomic mass is 9.97. The summed E-state index contributed by atoms with van der Waals surface area (Å²) in [7, 11) is 0. The lowest BCUT2D eigenvalue weighted by Crippen LogP contribution is -2.58. The molecule has 3 heterocycles. The molecule has 3 aliphatic rings. The van der Waals surface area contributed by atoms with Gasteiger partial charge in [-0.25, -0.2) is 14.0 Å². The predicted molar refractivity (Wildman–Crippen MR) is 168 cm³/mol. The van der Waals surface area contributed by atoms with Crippen molar-refractivity contribution in [2.24, 2.45) is 0 Å². The van der Waals surface area contributed by atoms with Crippen LogP contribution in [0.15, 0.2) is 24.3 Å². The van der Waals surface area contributed by atoms with Crippen molar-refractivity contribution < 1.29 is 37.7 Å². The third kappa shape index (κ3) is 6.93. The molecule has 0 unspecified atom stereocenters. The van der Waals surface area contributed by atoms with Crippen molar-refractivity contribution in [1.82, 2.24) is 9.80 Å². The number of carbonyl (C=O) groups is 3. The number of fused-ring (bicyclic) bond motifs is 2. The molecule has 0 aliphatic carbocycles. The minimum Gasteiger partial charge on any atom is -0.489 e. The van der Waals surface area contributed by atoms with Crippen LogP contribution < -0.4 is 14.4 Å². The third-order valence-corrected chi connectivity index (χ3v) is 8.29. The molecule has 0 saturated carbocycles. The Hall–Kier alpha value is -3.73. The molecular weight excluding hydrogens is 605 g/mol. The van der Waals surface area contributed by atoms with Gasteiger partial charge in [-0.15, -0.1) is 0 Å². The number of ether oxygens (including phenoxy) is 4. The van der Waals surface area contributed by atoms with Crippen molar-refractivity contribution in [3.8, 4) is 22.6 Å². The SMILES string of the molecule is C[C@@H]1CCCN1c1cc(-c2c(F)cccc2OC(=O)OC(C)(C)C)c(Cl)c2c1C(=O)N1CCN(C(=O)OC(C)(C)C)C[C@@H]1CO2. The van der Waals surface area contributed by atoms with Crippen molar-refractivity contribution >= 4 is 35.4 Å². The molecule has 244 valence electrons. The summed E-state index contributed by atoms with van der Waals surface area (Å²) >= 11 is 7.01. The molecule has 0 radical (unpaired) electrons. The maximum absolute atomic E-state index is 15.7. The molecule has 2 saturated heterocycles. The van der Waals surface area contributed by atoms with Crippen LogP contribution >= 0.6 is 11.6 Å². The van der Waals surface area contributed by atoms with Crippen molar-refractivity contribution in [3.63, 3.8) is 0 Å². The zero-order valence-corrected chi connectivity index (χ0v) is 27.6. The fraction of sp³-hybridized carbons (Fsp3) is 0.545. The first-order valence-corrected chi connectivity index (χ1v) is 15.7. The summed E-state index contributed by atoms with van der Waals surface area (Å²) in [5.41, 5.74) is -0.491. The molecule has 12 heteroatoms. The number of piperazine rings is 1. The summed E-state index contributed by atoms with van der Waals surface area (Å²) in [5.74, 6) is -0.920. The molecule has 0 aromatic heterocycles. The van der Waals surface area contributed by atoms with Gasteiger partial charge in [0.2, 0.25) is 0 Å². The first-order valence-electron chi connectivity index (χ1n) is 15.3. The zero-order valence-electron chi connectivity index (χ0n) is 26.9. The van der Waals surface area contributed by atoms with Gasteiger partial charge in [-0.3, -0.25) is 4.79 Å². The van der Waals surface area contributed by atoms with Crippen LogP contribution in [0.25, 0.3) is 11.1 Å². The van der Waals surface area contributed by atoms with Crippen molar-refractivity contribution in [3.05, 3.63) is 40.7 Å². The average molecular weight is 646 g/mol. The Morgan fingerprint density at radius 2 is 1.71 bits per heavy atom. The van der Waals surface area contributed by atoms with E-state index in [1.54, 1.807) is 57.4 Å². The fourth-order valence-electron chi connectivity index (χ4n) is 5.95. The number of carbonyl (C=O) groups excluding carboxylic acids is 3. The number of benzene rings is 2. The van der Waals surface area contributed by atoms with Gasteiger partial charge in [0.15, 0.2) is 5.75 Å². The fourth-order valence-corrected chi connectivity index (χ4v) is 6.25. The van der Waals surface area contributed by atoms with E-state index < -0.39 is 35.3 Å². The molecule has 2 atom stereocenters. The summed E-state index contributed by atoms with van der Waals surface area (Å²) in [6.45, 7) is 14.1. The van der Waals surface area contributed by atoms with Crippen LogP contribution in [-0.2, 0) is 9.47 Å². The second-order valence-electron chi connectivity index (χ2n) is 13.7. The Morgan fingerprint density at radius 3 is 2.36 bits per heavy atom. The second-order valence-corrected chi connectivity index (χ2v) is 14.1. The number of amides is 2. The van der Waals surface area contributed by atoms with Gasteiger partial charge in [0.05, 0.1) is 22.3 Å². The summed E-state index contributed by atoms with van der Waals surface area (Å²) in [6.07, 6.45) is 0.366. The molecule has 2 aromatic rings. The van der Waals surface area contributed by atoms with Gasteiger partial charge in [-0.1, -0.05) is 17.7 Å². The Kier molecular flexibility index (Phi) is 8.87. The van der Waals surface area contributed by atoms with Crippen LogP contribution in [0, 0.1) is 5.82 Å². The van der Waals surface area contributed by atoms with E-state index in [2.05, 4.69) is 11.8 Å². The van der Waals surface area contributed by atoms with Gasteiger partial charge < -0.3 is 33.6 Å². The summed E-state index contributed by atoms with van der Waals surface area (Å²) < 4.78 is 38.4. The number of halogens is 2. The number of anilines is 1. The number of hydrogen-bond acceptors (Lipinski definition) is 8. The van der Waals surface area contributed by atoms with Crippen molar-refractivity contribution in [1.29, 1.82) is 0 Å². The van der Waals surface area contributed by atoms with Crippen LogP contribution in [0.3, 0.4) is 0 Å². The molecule has 0 N–H and O–H groups in total. The maximum Gasteiger partial charge on any atom is 0.514 e. The molecule has 2 aromatic carbocycles. The highest BCUT2D eigenvalue weighted by molar-refractivity contribution is 6.36. The van der Waals surface area contributed by atoms with Crippen molar-refractivity contribution in [2.75, 3.05) is 37.7 Å². The normalized spacial score (nSPS) is 20.2. The molecule has 0 spiro atoms. The van der Waals surface area contributed by atoms with Gasteiger partial charge in [0, 0.05) is 37.8 Å². The largest absolute Gasteiger partial charge is 0.514 e. The summed E-state index contributed by atoms with van der Waals surface area (Å²) in [5, 5.41) is 0.0111. The quantitative estimate of drug-likeness (QED) is 0.263. The van der Waals surface area contributed by atoms with Gasteiger partial charge >= 0.3 is 12.2 Å². The Labute approximate surface area is 268 Å². The molecular formula is C33H41ClFN3O7. The predicted octanol–water partition coefficient (Wildman–Crippen LogP) is 6.90. The van der Waals surface area contributed by atoms with Crippen LogP contribution in [0.4, 0.5) is 19.7 Å². The minimum absolute atomic E-state index is 0.0111. The van der Waals surface area contributed by atoms with E-state index in [-0.39, 0.29) is 64.9 Å². The van der Waals surface area contributed by atoms with Crippen LogP contribution in [0.1, 0.15) is 71.7 Å². The average Bonchev–Trinajstić information content (AvgIpc) is 3.29. The summed E-state index contributed by atoms with van der Waals surface area (Å²) in [6, 6.07) is 5.44. The van der Waals surface area contributed by atoms with Gasteiger partial charge in [0.1, 0.15) is 34.9 Å². The molecule has 3 aliphatic heterocycles. The van der Waals surface area contributed by atoms with E-state index in [0.29, 0.717) is 18.8 Å². The van der Waals surface area contributed by atoms with E-state index >= 15 is 4.39 Å².